The zero-order valence-electron chi connectivity index (χ0n) is 19.6. The number of carbonyl (C=O) groups excluding carboxylic acids is 3. The summed E-state index contributed by atoms with van der Waals surface area (Å²) in [7, 11) is 0. The molecule has 182 valence electrons. The van der Waals surface area contributed by atoms with Gasteiger partial charge in [0.05, 0.1) is 24.1 Å². The van der Waals surface area contributed by atoms with E-state index in [1.807, 2.05) is 35.7 Å². The van der Waals surface area contributed by atoms with Gasteiger partial charge in [0.2, 0.25) is 0 Å². The first-order valence-corrected chi connectivity index (χ1v) is 12.4. The van der Waals surface area contributed by atoms with Crippen molar-refractivity contribution in [2.75, 3.05) is 31.2 Å². The number of ether oxygens (including phenoxy) is 2. The SMILES string of the molecule is CC(=O)Oc1ccc(CC(NC(=O)c2cccs2)C(=O)Cc2ccccc2N2CCOCC2)cc1. The summed E-state index contributed by atoms with van der Waals surface area (Å²) in [5.41, 5.74) is 2.81. The summed E-state index contributed by atoms with van der Waals surface area (Å²) in [5.74, 6) is -0.296. The van der Waals surface area contributed by atoms with Crippen LogP contribution < -0.4 is 15.0 Å². The van der Waals surface area contributed by atoms with Gasteiger partial charge in [-0.15, -0.1) is 11.3 Å². The molecular weight excluding hydrogens is 464 g/mol. The third kappa shape index (κ3) is 6.77. The molecule has 8 heteroatoms. The van der Waals surface area contributed by atoms with Crippen molar-refractivity contribution < 1.29 is 23.9 Å². The quantitative estimate of drug-likeness (QED) is 0.363. The molecule has 0 aliphatic carbocycles. The lowest BCUT2D eigenvalue weighted by Gasteiger charge is -2.30. The molecule has 3 aromatic rings. The van der Waals surface area contributed by atoms with E-state index in [4.69, 9.17) is 9.47 Å². The molecule has 0 bridgehead atoms. The Labute approximate surface area is 208 Å². The van der Waals surface area contributed by atoms with Crippen LogP contribution in [0.4, 0.5) is 5.69 Å². The van der Waals surface area contributed by atoms with Crippen LogP contribution in [0.25, 0.3) is 0 Å². The molecule has 35 heavy (non-hydrogen) atoms. The van der Waals surface area contributed by atoms with Gasteiger partial charge in [0.15, 0.2) is 5.78 Å². The maximum atomic E-state index is 13.5. The van der Waals surface area contributed by atoms with Crippen LogP contribution in [0.1, 0.15) is 27.7 Å². The van der Waals surface area contributed by atoms with Crippen LogP contribution in [0.3, 0.4) is 0 Å². The van der Waals surface area contributed by atoms with Gasteiger partial charge in [-0.1, -0.05) is 36.4 Å². The van der Waals surface area contributed by atoms with E-state index in [2.05, 4.69) is 10.2 Å². The fraction of sp³-hybridized carbons (Fsp3) is 0.296. The molecule has 0 radical (unpaired) electrons. The number of carbonyl (C=O) groups is 3. The van der Waals surface area contributed by atoms with Crippen LogP contribution in [0.5, 0.6) is 5.75 Å². The smallest absolute Gasteiger partial charge is 0.308 e. The van der Waals surface area contributed by atoms with Crippen molar-refractivity contribution in [1.29, 1.82) is 0 Å². The maximum absolute atomic E-state index is 13.5. The molecule has 0 spiro atoms. The molecule has 1 N–H and O–H groups in total. The molecule has 1 atom stereocenters. The number of morpholine rings is 1. The van der Waals surface area contributed by atoms with Gasteiger partial charge < -0.3 is 19.7 Å². The standard InChI is InChI=1S/C27H28N2O5S/c1-19(30)34-22-10-8-20(9-11-22)17-23(28-27(32)26-7-4-16-35-26)25(31)18-21-5-2-3-6-24(21)29-12-14-33-15-13-29/h2-11,16,23H,12-15,17-18H2,1H3,(H,28,32). The summed E-state index contributed by atoms with van der Waals surface area (Å²) in [6.45, 7) is 4.21. The number of hydrogen-bond donors (Lipinski definition) is 1. The second-order valence-electron chi connectivity index (χ2n) is 8.32. The van der Waals surface area contributed by atoms with E-state index in [1.54, 1.807) is 30.3 Å². The normalized spacial score (nSPS) is 14.3. The molecule has 1 aliphatic rings. The highest BCUT2D eigenvalue weighted by Crippen LogP contribution is 2.23. The van der Waals surface area contributed by atoms with Gasteiger partial charge in [-0.3, -0.25) is 14.4 Å². The van der Waals surface area contributed by atoms with Crippen molar-refractivity contribution in [2.45, 2.75) is 25.8 Å². The summed E-state index contributed by atoms with van der Waals surface area (Å²) in [6, 6.07) is 17.7. The minimum absolute atomic E-state index is 0.0697. The Morgan fingerprint density at radius 2 is 1.77 bits per heavy atom. The molecule has 2 aromatic carbocycles. The number of para-hydroxylation sites is 1. The molecule has 0 saturated carbocycles. The number of nitrogens with one attached hydrogen (secondary N) is 1. The molecule has 1 fully saturated rings. The van der Waals surface area contributed by atoms with Crippen LogP contribution in [0, 0.1) is 0 Å². The predicted molar refractivity (Wildman–Crippen MR) is 135 cm³/mol. The third-order valence-electron chi connectivity index (χ3n) is 5.77. The highest BCUT2D eigenvalue weighted by Gasteiger charge is 2.24. The minimum Gasteiger partial charge on any atom is -0.427 e. The number of hydrogen-bond acceptors (Lipinski definition) is 7. The summed E-state index contributed by atoms with van der Waals surface area (Å²) in [5, 5.41) is 4.77. The number of rotatable bonds is 9. The molecule has 1 aliphatic heterocycles. The van der Waals surface area contributed by atoms with Crippen LogP contribution in [-0.4, -0.2) is 50.0 Å². The van der Waals surface area contributed by atoms with Gasteiger partial charge in [-0.05, 0) is 47.2 Å². The maximum Gasteiger partial charge on any atom is 0.308 e. The number of ketones is 1. The summed E-state index contributed by atoms with van der Waals surface area (Å²) < 4.78 is 10.6. The first-order chi connectivity index (χ1) is 17.0. The lowest BCUT2D eigenvalue weighted by molar-refractivity contribution is -0.131. The fourth-order valence-corrected chi connectivity index (χ4v) is 4.69. The highest BCUT2D eigenvalue weighted by atomic mass is 32.1. The van der Waals surface area contributed by atoms with Crippen LogP contribution in [0.15, 0.2) is 66.0 Å². The number of amides is 1. The van der Waals surface area contributed by atoms with E-state index < -0.39 is 12.0 Å². The van der Waals surface area contributed by atoms with E-state index in [0.717, 1.165) is 29.9 Å². The Morgan fingerprint density at radius 3 is 2.46 bits per heavy atom. The summed E-state index contributed by atoms with van der Waals surface area (Å²) in [4.78, 5) is 40.3. The molecule has 2 heterocycles. The van der Waals surface area contributed by atoms with Crippen molar-refractivity contribution >= 4 is 34.7 Å². The zero-order valence-corrected chi connectivity index (χ0v) is 20.4. The minimum atomic E-state index is -0.707. The average molecular weight is 493 g/mol. The topological polar surface area (TPSA) is 84.9 Å². The largest absolute Gasteiger partial charge is 0.427 e. The first-order valence-electron chi connectivity index (χ1n) is 11.5. The third-order valence-corrected chi connectivity index (χ3v) is 6.64. The van der Waals surface area contributed by atoms with Gasteiger partial charge in [0, 0.05) is 32.1 Å². The Morgan fingerprint density at radius 1 is 1.03 bits per heavy atom. The van der Waals surface area contributed by atoms with Gasteiger partial charge >= 0.3 is 5.97 Å². The molecule has 7 nitrogen and oxygen atoms in total. The molecule has 1 unspecified atom stereocenters. The number of anilines is 1. The number of nitrogens with zero attached hydrogens (tertiary/aromatic N) is 1. The Kier molecular flexibility index (Phi) is 8.28. The average Bonchev–Trinajstić information content (AvgIpc) is 3.41. The van der Waals surface area contributed by atoms with E-state index >= 15 is 0 Å². The van der Waals surface area contributed by atoms with E-state index in [0.29, 0.717) is 30.3 Å². The van der Waals surface area contributed by atoms with Crippen molar-refractivity contribution in [2.24, 2.45) is 0 Å². The highest BCUT2D eigenvalue weighted by molar-refractivity contribution is 7.12. The second kappa shape index (κ2) is 11.8. The number of esters is 1. The summed E-state index contributed by atoms with van der Waals surface area (Å²) >= 11 is 1.33. The Hall–Kier alpha value is -3.49. The number of thiophene rings is 1. The van der Waals surface area contributed by atoms with Gasteiger partial charge in [-0.2, -0.15) is 0 Å². The van der Waals surface area contributed by atoms with Gasteiger partial charge in [0.1, 0.15) is 5.75 Å². The molecule has 4 rings (SSSR count). The lowest BCUT2D eigenvalue weighted by atomic mass is 9.96. The van der Waals surface area contributed by atoms with E-state index in [1.165, 1.54) is 18.3 Å². The molecule has 1 saturated heterocycles. The van der Waals surface area contributed by atoms with Gasteiger partial charge in [0.25, 0.3) is 5.91 Å². The number of Topliss-reactive ketones (excluding diaryl/α,β-unsaturated/α-hetero) is 1. The van der Waals surface area contributed by atoms with Gasteiger partial charge in [-0.25, -0.2) is 0 Å². The van der Waals surface area contributed by atoms with Crippen molar-refractivity contribution in [3.8, 4) is 5.75 Å². The first kappa shape index (κ1) is 24.6. The Bertz CT molecular complexity index is 1150. The molecular formula is C27H28N2O5S. The van der Waals surface area contributed by atoms with Crippen molar-refractivity contribution in [1.82, 2.24) is 5.32 Å². The van der Waals surface area contributed by atoms with E-state index in [9.17, 15) is 14.4 Å². The second-order valence-corrected chi connectivity index (χ2v) is 9.26. The number of benzene rings is 2. The lowest BCUT2D eigenvalue weighted by Crippen LogP contribution is -2.43. The van der Waals surface area contributed by atoms with Crippen molar-refractivity contribution in [3.05, 3.63) is 82.0 Å². The monoisotopic (exact) mass is 492 g/mol. The van der Waals surface area contributed by atoms with Crippen molar-refractivity contribution in [3.63, 3.8) is 0 Å². The fourth-order valence-electron chi connectivity index (χ4n) is 4.06. The van der Waals surface area contributed by atoms with Crippen LogP contribution >= 0.6 is 11.3 Å². The predicted octanol–water partition coefficient (Wildman–Crippen LogP) is 3.66. The Balaban J connectivity index is 1.53. The zero-order chi connectivity index (χ0) is 24.6. The van der Waals surface area contributed by atoms with Crippen LogP contribution in [0.2, 0.25) is 0 Å². The molecule has 1 amide bonds. The molecule has 1 aromatic heterocycles. The van der Waals surface area contributed by atoms with E-state index in [-0.39, 0.29) is 18.1 Å². The summed E-state index contributed by atoms with van der Waals surface area (Å²) in [6.07, 6.45) is 0.532. The van der Waals surface area contributed by atoms with Crippen LogP contribution in [-0.2, 0) is 27.2 Å².